The highest BCUT2D eigenvalue weighted by Gasteiger charge is 2.12. The summed E-state index contributed by atoms with van der Waals surface area (Å²) in [6.07, 6.45) is 1.48. The molecule has 124 valence electrons. The molecule has 4 rings (SSSR count). The fourth-order valence-corrected chi connectivity index (χ4v) is 2.40. The Kier molecular flexibility index (Phi) is 3.10. The Labute approximate surface area is 137 Å². The molecule has 0 spiro atoms. The number of imidazole rings is 1. The van der Waals surface area contributed by atoms with Crippen molar-refractivity contribution in [3.8, 4) is 11.6 Å². The predicted octanol–water partition coefficient (Wildman–Crippen LogP) is 1.69. The number of aromatic nitrogens is 4. The van der Waals surface area contributed by atoms with Gasteiger partial charge in [-0.15, -0.1) is 10.2 Å². The molecule has 25 heavy (non-hydrogen) atoms. The topological polar surface area (TPSA) is 148 Å². The molecule has 3 aromatic heterocycles. The van der Waals surface area contributed by atoms with E-state index in [1.165, 1.54) is 22.7 Å². The number of aromatic hydroxyl groups is 2. The van der Waals surface area contributed by atoms with Crippen LogP contribution >= 0.6 is 0 Å². The molecule has 3 heterocycles. The minimum absolute atomic E-state index is 0.0136. The summed E-state index contributed by atoms with van der Waals surface area (Å²) < 4.78 is 1.21. The third kappa shape index (κ3) is 2.41. The Morgan fingerprint density at radius 1 is 1.04 bits per heavy atom. The van der Waals surface area contributed by atoms with Crippen LogP contribution in [-0.4, -0.2) is 29.6 Å². The number of aromatic amines is 2. The van der Waals surface area contributed by atoms with Crippen LogP contribution in [0, 0.1) is 0 Å². The molecule has 0 fully saturated rings. The van der Waals surface area contributed by atoms with Gasteiger partial charge in [0.05, 0.1) is 11.0 Å². The van der Waals surface area contributed by atoms with Gasteiger partial charge in [0, 0.05) is 12.3 Å². The molecule has 0 amide bonds. The number of hydrogen-bond donors (Lipinski definition) is 4. The van der Waals surface area contributed by atoms with E-state index in [1.54, 1.807) is 18.2 Å². The molecule has 4 N–H and O–H groups in total. The highest BCUT2D eigenvalue weighted by Crippen LogP contribution is 2.31. The summed E-state index contributed by atoms with van der Waals surface area (Å²) in [6.45, 7) is 0. The maximum Gasteiger partial charge on any atom is 0.323 e. The number of H-pyrrole nitrogens is 2. The molecule has 0 saturated heterocycles. The number of nitrogens with one attached hydrogen (secondary N) is 2. The van der Waals surface area contributed by atoms with Gasteiger partial charge in [0.25, 0.3) is 5.56 Å². The van der Waals surface area contributed by atoms with Gasteiger partial charge in [-0.1, -0.05) is 6.07 Å². The van der Waals surface area contributed by atoms with Crippen LogP contribution in [0.1, 0.15) is 0 Å². The third-order valence-corrected chi connectivity index (χ3v) is 3.56. The average molecular weight is 338 g/mol. The lowest BCUT2D eigenvalue weighted by molar-refractivity contribution is 0.454. The summed E-state index contributed by atoms with van der Waals surface area (Å²) in [4.78, 5) is 32.5. The largest absolute Gasteiger partial charge is 0.506 e. The van der Waals surface area contributed by atoms with E-state index in [9.17, 15) is 19.8 Å². The van der Waals surface area contributed by atoms with E-state index in [-0.39, 0.29) is 22.8 Å². The SMILES string of the molecule is O=c1[nH]c2cc(O)c(N=Nc3c(O)nc4ccccn4c3=O)cc2[nH]1. The number of benzene rings is 1. The Hall–Kier alpha value is -3.95. The van der Waals surface area contributed by atoms with Crippen molar-refractivity contribution >= 4 is 28.1 Å². The molecule has 0 bridgehead atoms. The van der Waals surface area contributed by atoms with Gasteiger partial charge in [0.15, 0.2) is 0 Å². The first kappa shape index (κ1) is 14.6. The normalized spacial score (nSPS) is 11.7. The summed E-state index contributed by atoms with van der Waals surface area (Å²) >= 11 is 0. The lowest BCUT2D eigenvalue weighted by atomic mass is 10.2. The molecule has 4 aromatic rings. The number of rotatable bonds is 2. The predicted molar refractivity (Wildman–Crippen MR) is 87.9 cm³/mol. The van der Waals surface area contributed by atoms with Crippen LogP contribution in [-0.2, 0) is 0 Å². The number of phenols is 1. The molecule has 0 aliphatic heterocycles. The summed E-state index contributed by atoms with van der Waals surface area (Å²) in [5.41, 5.74) is -0.324. The fourth-order valence-electron chi connectivity index (χ4n) is 2.40. The zero-order valence-electron chi connectivity index (χ0n) is 12.5. The van der Waals surface area contributed by atoms with Crippen LogP contribution in [0.5, 0.6) is 11.6 Å². The van der Waals surface area contributed by atoms with Crippen LogP contribution in [0.4, 0.5) is 11.4 Å². The van der Waals surface area contributed by atoms with Gasteiger partial charge in [-0.05, 0) is 18.2 Å². The molecular formula is C15H10N6O4. The highest BCUT2D eigenvalue weighted by atomic mass is 16.3. The van der Waals surface area contributed by atoms with Gasteiger partial charge in [-0.3, -0.25) is 9.20 Å². The van der Waals surface area contributed by atoms with Crippen molar-refractivity contribution in [1.82, 2.24) is 19.4 Å². The van der Waals surface area contributed by atoms with Gasteiger partial charge in [0.1, 0.15) is 17.1 Å². The first-order chi connectivity index (χ1) is 12.0. The summed E-state index contributed by atoms with van der Waals surface area (Å²) in [6, 6.07) is 7.55. The summed E-state index contributed by atoms with van der Waals surface area (Å²) in [5, 5.41) is 27.4. The number of nitrogens with zero attached hydrogens (tertiary/aromatic N) is 4. The van der Waals surface area contributed by atoms with Crippen molar-refractivity contribution in [2.75, 3.05) is 0 Å². The number of pyridine rings is 1. The molecule has 0 aliphatic rings. The zero-order valence-corrected chi connectivity index (χ0v) is 12.5. The van der Waals surface area contributed by atoms with E-state index in [2.05, 4.69) is 25.2 Å². The molecule has 0 radical (unpaired) electrons. The maximum atomic E-state index is 12.4. The van der Waals surface area contributed by atoms with Crippen LogP contribution in [0.15, 0.2) is 56.3 Å². The molecule has 0 atom stereocenters. The molecule has 1 aromatic carbocycles. The third-order valence-electron chi connectivity index (χ3n) is 3.56. The molecular weight excluding hydrogens is 328 g/mol. The van der Waals surface area contributed by atoms with Crippen molar-refractivity contribution in [2.24, 2.45) is 10.2 Å². The molecule has 10 nitrogen and oxygen atoms in total. The monoisotopic (exact) mass is 338 g/mol. The van der Waals surface area contributed by atoms with E-state index in [0.29, 0.717) is 11.0 Å². The van der Waals surface area contributed by atoms with Gasteiger partial charge in [-0.2, -0.15) is 4.98 Å². The second-order valence-corrected chi connectivity index (χ2v) is 5.18. The molecule has 0 unspecified atom stereocenters. The number of fused-ring (bicyclic) bond motifs is 2. The number of phenolic OH excluding ortho intramolecular Hbond substituents is 1. The average Bonchev–Trinajstić information content (AvgIpc) is 2.93. The van der Waals surface area contributed by atoms with Crippen LogP contribution in [0.3, 0.4) is 0 Å². The lowest BCUT2D eigenvalue weighted by Crippen LogP contribution is -2.13. The zero-order chi connectivity index (χ0) is 17.6. The van der Waals surface area contributed by atoms with Crippen LogP contribution in [0.2, 0.25) is 0 Å². The molecule has 10 heteroatoms. The molecule has 0 saturated carbocycles. The smallest absolute Gasteiger partial charge is 0.323 e. The van der Waals surface area contributed by atoms with Crippen LogP contribution < -0.4 is 11.2 Å². The Morgan fingerprint density at radius 3 is 2.60 bits per heavy atom. The molecule has 0 aliphatic carbocycles. The second kappa shape index (κ2) is 5.30. The Bertz CT molecular complexity index is 1270. The number of azo groups is 1. The Morgan fingerprint density at radius 2 is 1.80 bits per heavy atom. The van der Waals surface area contributed by atoms with Crippen molar-refractivity contribution in [3.05, 3.63) is 57.4 Å². The number of hydrogen-bond acceptors (Lipinski definition) is 7. The van der Waals surface area contributed by atoms with Crippen LogP contribution in [0.25, 0.3) is 16.7 Å². The van der Waals surface area contributed by atoms with Gasteiger partial charge >= 0.3 is 5.69 Å². The van der Waals surface area contributed by atoms with Gasteiger partial charge < -0.3 is 20.2 Å². The highest BCUT2D eigenvalue weighted by molar-refractivity contribution is 5.81. The first-order valence-corrected chi connectivity index (χ1v) is 7.10. The van der Waals surface area contributed by atoms with Crippen molar-refractivity contribution in [1.29, 1.82) is 0 Å². The van der Waals surface area contributed by atoms with E-state index in [0.717, 1.165) is 0 Å². The quantitative estimate of drug-likeness (QED) is 0.410. The standard InChI is InChI=1S/C15H10N6O4/c22-10-6-8-7(16-15(25)17-8)5-9(10)19-20-12-13(23)18-11-3-1-2-4-21(11)14(12)24/h1-6,22-23H,(H2,16,17,25). The summed E-state index contributed by atoms with van der Waals surface area (Å²) in [5.74, 6) is -0.824. The fraction of sp³-hybridized carbons (Fsp3) is 0. The first-order valence-electron chi connectivity index (χ1n) is 7.10. The minimum Gasteiger partial charge on any atom is -0.506 e. The van der Waals surface area contributed by atoms with E-state index in [4.69, 9.17) is 0 Å². The lowest BCUT2D eigenvalue weighted by Gasteiger charge is -2.02. The maximum absolute atomic E-state index is 12.4. The van der Waals surface area contributed by atoms with E-state index >= 15 is 0 Å². The van der Waals surface area contributed by atoms with Crippen molar-refractivity contribution < 1.29 is 10.2 Å². The van der Waals surface area contributed by atoms with E-state index < -0.39 is 17.1 Å². The van der Waals surface area contributed by atoms with Gasteiger partial charge in [-0.25, -0.2) is 4.79 Å². The van der Waals surface area contributed by atoms with Crippen molar-refractivity contribution in [2.45, 2.75) is 0 Å². The Balaban J connectivity index is 1.85. The van der Waals surface area contributed by atoms with E-state index in [1.807, 2.05) is 0 Å². The van der Waals surface area contributed by atoms with Gasteiger partial charge in [0.2, 0.25) is 11.6 Å². The van der Waals surface area contributed by atoms with Crippen molar-refractivity contribution in [3.63, 3.8) is 0 Å². The summed E-state index contributed by atoms with van der Waals surface area (Å²) in [7, 11) is 0. The minimum atomic E-state index is -0.609. The second-order valence-electron chi connectivity index (χ2n) is 5.18.